The van der Waals surface area contributed by atoms with Crippen molar-refractivity contribution in [2.75, 3.05) is 19.7 Å². The molecule has 0 saturated carbocycles. The first-order valence-corrected chi connectivity index (χ1v) is 9.19. The van der Waals surface area contributed by atoms with E-state index in [9.17, 15) is 4.79 Å². The molecule has 1 fully saturated rings. The molecule has 2 aromatic rings. The summed E-state index contributed by atoms with van der Waals surface area (Å²) in [6, 6.07) is 14.9. The van der Waals surface area contributed by atoms with Crippen LogP contribution in [-0.2, 0) is 0 Å². The number of hydrogen-bond donors (Lipinski definition) is 2. The molecule has 1 amide bonds. The lowest BCUT2D eigenvalue weighted by atomic mass is 9.94. The van der Waals surface area contributed by atoms with Gasteiger partial charge in [0.25, 0.3) is 5.91 Å². The summed E-state index contributed by atoms with van der Waals surface area (Å²) in [5, 5.41) is 6.47. The molecule has 0 bridgehead atoms. The number of ether oxygens (including phenoxy) is 2. The maximum absolute atomic E-state index is 12.8. The smallest absolute Gasteiger partial charge is 0.255 e. The fourth-order valence-corrected chi connectivity index (χ4v) is 3.10. The third-order valence-corrected chi connectivity index (χ3v) is 4.64. The molecule has 1 aliphatic rings. The monoisotopic (exact) mass is 354 g/mol. The molecule has 0 aromatic heterocycles. The number of para-hydroxylation sites is 3. The van der Waals surface area contributed by atoms with Gasteiger partial charge in [-0.25, -0.2) is 0 Å². The summed E-state index contributed by atoms with van der Waals surface area (Å²) in [7, 11) is 0. The van der Waals surface area contributed by atoms with Gasteiger partial charge in [-0.3, -0.25) is 4.79 Å². The normalized spacial score (nSPS) is 19.6. The van der Waals surface area contributed by atoms with Crippen LogP contribution in [0.25, 0.3) is 0 Å². The molecule has 1 saturated heterocycles. The molecule has 3 rings (SSSR count). The van der Waals surface area contributed by atoms with Gasteiger partial charge in [-0.2, -0.15) is 0 Å². The van der Waals surface area contributed by atoms with Crippen molar-refractivity contribution in [2.24, 2.45) is 5.92 Å². The van der Waals surface area contributed by atoms with E-state index in [1.54, 1.807) is 12.1 Å². The van der Waals surface area contributed by atoms with Crippen molar-refractivity contribution in [3.8, 4) is 17.2 Å². The van der Waals surface area contributed by atoms with E-state index in [0.717, 1.165) is 19.5 Å². The van der Waals surface area contributed by atoms with E-state index in [1.807, 2.05) is 43.3 Å². The minimum Gasteiger partial charge on any atom is -0.490 e. The van der Waals surface area contributed by atoms with Gasteiger partial charge in [-0.1, -0.05) is 31.2 Å². The highest BCUT2D eigenvalue weighted by Gasteiger charge is 2.24. The van der Waals surface area contributed by atoms with Crippen LogP contribution in [0.15, 0.2) is 48.5 Å². The van der Waals surface area contributed by atoms with Gasteiger partial charge in [0.05, 0.1) is 12.2 Å². The maximum Gasteiger partial charge on any atom is 0.255 e. The fourth-order valence-electron chi connectivity index (χ4n) is 3.10. The third-order valence-electron chi connectivity index (χ3n) is 4.64. The highest BCUT2D eigenvalue weighted by Crippen LogP contribution is 2.33. The van der Waals surface area contributed by atoms with E-state index in [4.69, 9.17) is 9.47 Å². The Hall–Kier alpha value is -2.53. The molecule has 1 aliphatic heterocycles. The van der Waals surface area contributed by atoms with Crippen LogP contribution in [-0.4, -0.2) is 31.6 Å². The van der Waals surface area contributed by atoms with Gasteiger partial charge in [0.1, 0.15) is 5.75 Å². The number of amides is 1. The number of piperidine rings is 1. The van der Waals surface area contributed by atoms with Gasteiger partial charge in [-0.15, -0.1) is 0 Å². The van der Waals surface area contributed by atoms with Gasteiger partial charge in [0.2, 0.25) is 0 Å². The van der Waals surface area contributed by atoms with E-state index < -0.39 is 0 Å². The van der Waals surface area contributed by atoms with Gasteiger partial charge >= 0.3 is 0 Å². The van der Waals surface area contributed by atoms with Crippen LogP contribution >= 0.6 is 0 Å². The molecule has 138 valence electrons. The SMILES string of the molecule is CCOc1ccccc1Oc1ccccc1C(=O)NC1CNCCC1C. The number of hydrogen-bond acceptors (Lipinski definition) is 4. The van der Waals surface area contributed by atoms with Crippen LogP contribution in [0.1, 0.15) is 30.6 Å². The van der Waals surface area contributed by atoms with Crippen LogP contribution in [0.5, 0.6) is 17.2 Å². The van der Waals surface area contributed by atoms with Crippen LogP contribution in [0.4, 0.5) is 0 Å². The van der Waals surface area contributed by atoms with Crippen LogP contribution in [0.3, 0.4) is 0 Å². The van der Waals surface area contributed by atoms with Crippen molar-refractivity contribution in [1.82, 2.24) is 10.6 Å². The molecule has 5 heteroatoms. The summed E-state index contributed by atoms with van der Waals surface area (Å²) in [5.74, 6) is 2.12. The summed E-state index contributed by atoms with van der Waals surface area (Å²) in [6.07, 6.45) is 1.06. The predicted octanol–water partition coefficient (Wildman–Crippen LogP) is 3.61. The summed E-state index contributed by atoms with van der Waals surface area (Å²) < 4.78 is 11.6. The van der Waals surface area contributed by atoms with E-state index in [1.165, 1.54) is 0 Å². The molecular weight excluding hydrogens is 328 g/mol. The topological polar surface area (TPSA) is 59.6 Å². The minimum atomic E-state index is -0.116. The lowest BCUT2D eigenvalue weighted by molar-refractivity contribution is 0.0913. The summed E-state index contributed by atoms with van der Waals surface area (Å²) in [5.41, 5.74) is 0.525. The first kappa shape index (κ1) is 18.3. The van der Waals surface area contributed by atoms with E-state index in [-0.39, 0.29) is 11.9 Å². The predicted molar refractivity (Wildman–Crippen MR) is 102 cm³/mol. The van der Waals surface area contributed by atoms with Crippen molar-refractivity contribution < 1.29 is 14.3 Å². The Morgan fingerprint density at radius 2 is 1.81 bits per heavy atom. The molecule has 0 spiro atoms. The Morgan fingerprint density at radius 3 is 2.54 bits per heavy atom. The second-order valence-corrected chi connectivity index (χ2v) is 6.53. The zero-order valence-electron chi connectivity index (χ0n) is 15.3. The van der Waals surface area contributed by atoms with Gasteiger partial charge < -0.3 is 20.1 Å². The lowest BCUT2D eigenvalue weighted by Gasteiger charge is -2.30. The molecule has 2 atom stereocenters. The standard InChI is InChI=1S/C21H26N2O3/c1-3-25-19-10-6-7-11-20(19)26-18-9-5-4-8-16(18)21(24)23-17-14-22-13-12-15(17)2/h4-11,15,17,22H,3,12-14H2,1-2H3,(H,23,24). The number of nitrogens with one attached hydrogen (secondary N) is 2. The number of benzene rings is 2. The van der Waals surface area contributed by atoms with Crippen LogP contribution in [0.2, 0.25) is 0 Å². The second kappa shape index (κ2) is 8.72. The third kappa shape index (κ3) is 4.35. The van der Waals surface area contributed by atoms with Crippen molar-refractivity contribution in [3.63, 3.8) is 0 Å². The Balaban J connectivity index is 1.79. The molecule has 0 radical (unpaired) electrons. The first-order chi connectivity index (χ1) is 12.7. The highest BCUT2D eigenvalue weighted by atomic mass is 16.5. The van der Waals surface area contributed by atoms with Gasteiger partial charge in [0, 0.05) is 12.6 Å². The molecule has 1 heterocycles. The molecule has 2 N–H and O–H groups in total. The molecule has 26 heavy (non-hydrogen) atoms. The van der Waals surface area contributed by atoms with Crippen molar-refractivity contribution >= 4 is 5.91 Å². The van der Waals surface area contributed by atoms with Gasteiger partial charge in [-0.05, 0) is 50.1 Å². The average molecular weight is 354 g/mol. The first-order valence-electron chi connectivity index (χ1n) is 9.19. The summed E-state index contributed by atoms with van der Waals surface area (Å²) in [6.45, 7) is 6.45. The number of carbonyl (C=O) groups is 1. The molecule has 0 aliphatic carbocycles. The van der Waals surface area contributed by atoms with Crippen molar-refractivity contribution in [3.05, 3.63) is 54.1 Å². The second-order valence-electron chi connectivity index (χ2n) is 6.53. The minimum absolute atomic E-state index is 0.116. The quantitative estimate of drug-likeness (QED) is 0.832. The average Bonchev–Trinajstić information content (AvgIpc) is 2.66. The largest absolute Gasteiger partial charge is 0.490 e. The number of carbonyl (C=O) groups excluding carboxylic acids is 1. The van der Waals surface area contributed by atoms with Gasteiger partial charge in [0.15, 0.2) is 11.5 Å². The maximum atomic E-state index is 12.8. The highest BCUT2D eigenvalue weighted by molar-refractivity contribution is 5.97. The zero-order chi connectivity index (χ0) is 18.4. The van der Waals surface area contributed by atoms with E-state index in [0.29, 0.717) is 35.3 Å². The number of rotatable bonds is 6. The molecular formula is C21H26N2O3. The summed E-state index contributed by atoms with van der Waals surface area (Å²) >= 11 is 0. The van der Waals surface area contributed by atoms with Crippen LogP contribution in [0, 0.1) is 5.92 Å². The van der Waals surface area contributed by atoms with Crippen LogP contribution < -0.4 is 20.1 Å². The van der Waals surface area contributed by atoms with E-state index in [2.05, 4.69) is 17.6 Å². The zero-order valence-corrected chi connectivity index (χ0v) is 15.3. The lowest BCUT2D eigenvalue weighted by Crippen LogP contribution is -2.50. The Morgan fingerprint density at radius 1 is 1.12 bits per heavy atom. The Labute approximate surface area is 154 Å². The Bertz CT molecular complexity index is 748. The summed E-state index contributed by atoms with van der Waals surface area (Å²) in [4.78, 5) is 12.8. The molecule has 2 aromatic carbocycles. The van der Waals surface area contributed by atoms with E-state index >= 15 is 0 Å². The Kier molecular flexibility index (Phi) is 6.12. The molecule has 2 unspecified atom stereocenters. The fraction of sp³-hybridized carbons (Fsp3) is 0.381. The molecule has 5 nitrogen and oxygen atoms in total. The van der Waals surface area contributed by atoms with Crippen molar-refractivity contribution in [1.29, 1.82) is 0 Å². The van der Waals surface area contributed by atoms with Crippen molar-refractivity contribution in [2.45, 2.75) is 26.3 Å².